The predicted octanol–water partition coefficient (Wildman–Crippen LogP) is 0.721. The van der Waals surface area contributed by atoms with Crippen LogP contribution >= 0.6 is 0 Å². The number of H-pyrrole nitrogens is 1. The highest BCUT2D eigenvalue weighted by Gasteiger charge is 2.06. The first-order valence-corrected chi connectivity index (χ1v) is 5.64. The Morgan fingerprint density at radius 2 is 2.11 bits per heavy atom. The highest BCUT2D eigenvalue weighted by atomic mass is 16.1. The van der Waals surface area contributed by atoms with Gasteiger partial charge in [-0.2, -0.15) is 0 Å². The monoisotopic (exact) mass is 254 g/mol. The minimum Gasteiger partial charge on any atom is -0.282 e. The van der Waals surface area contributed by atoms with Crippen molar-refractivity contribution in [2.75, 3.05) is 0 Å². The van der Waals surface area contributed by atoms with Crippen LogP contribution in [0.4, 0.5) is 0 Å². The van der Waals surface area contributed by atoms with Crippen molar-refractivity contribution in [3.05, 3.63) is 52.7 Å². The number of hydrogen-bond acceptors (Lipinski definition) is 5. The number of aromatic nitrogens is 6. The van der Waals surface area contributed by atoms with Crippen molar-refractivity contribution >= 4 is 0 Å². The molecule has 0 unspecified atom stereocenters. The van der Waals surface area contributed by atoms with E-state index in [-0.39, 0.29) is 5.56 Å². The molecule has 0 radical (unpaired) electrons. The van der Waals surface area contributed by atoms with E-state index < -0.39 is 0 Å². The molecule has 3 heterocycles. The van der Waals surface area contributed by atoms with Gasteiger partial charge in [0.2, 0.25) is 0 Å². The molecule has 7 heteroatoms. The molecule has 94 valence electrons. The second-order valence-electron chi connectivity index (χ2n) is 4.03. The number of aryl methyl sites for hydroxylation is 1. The Labute approximate surface area is 107 Å². The van der Waals surface area contributed by atoms with Crippen LogP contribution < -0.4 is 5.56 Å². The fourth-order valence-corrected chi connectivity index (χ4v) is 1.71. The zero-order chi connectivity index (χ0) is 13.2. The maximum atomic E-state index is 11.9. The lowest BCUT2D eigenvalue weighted by atomic mass is 10.2. The largest absolute Gasteiger partial charge is 0.282 e. The van der Waals surface area contributed by atoms with Gasteiger partial charge in [-0.15, -0.1) is 5.10 Å². The van der Waals surface area contributed by atoms with Crippen LogP contribution in [0.15, 0.2) is 41.5 Å². The molecule has 0 aromatic carbocycles. The molecule has 0 bridgehead atoms. The third kappa shape index (κ3) is 2.13. The van der Waals surface area contributed by atoms with Gasteiger partial charge in [-0.25, -0.2) is 5.10 Å². The minimum absolute atomic E-state index is 0.137. The maximum Gasteiger partial charge on any atom is 0.255 e. The van der Waals surface area contributed by atoms with E-state index in [2.05, 4.69) is 25.6 Å². The van der Waals surface area contributed by atoms with E-state index in [1.54, 1.807) is 18.5 Å². The van der Waals surface area contributed by atoms with Crippen LogP contribution in [0.5, 0.6) is 0 Å². The molecule has 7 nitrogen and oxygen atoms in total. The maximum absolute atomic E-state index is 11.9. The number of hydrogen-bond donors (Lipinski definition) is 1. The van der Waals surface area contributed by atoms with E-state index in [0.29, 0.717) is 11.5 Å². The third-order valence-corrected chi connectivity index (χ3v) is 2.70. The van der Waals surface area contributed by atoms with Gasteiger partial charge in [0.15, 0.2) is 5.82 Å². The lowest BCUT2D eigenvalue weighted by Gasteiger charge is -2.06. The minimum atomic E-state index is -0.137. The van der Waals surface area contributed by atoms with Gasteiger partial charge in [-0.3, -0.25) is 14.3 Å². The predicted molar refractivity (Wildman–Crippen MR) is 67.7 cm³/mol. The second-order valence-corrected chi connectivity index (χ2v) is 4.03. The molecule has 0 fully saturated rings. The van der Waals surface area contributed by atoms with E-state index in [1.165, 1.54) is 10.6 Å². The van der Waals surface area contributed by atoms with Crippen molar-refractivity contribution in [2.45, 2.75) is 6.92 Å². The smallest absolute Gasteiger partial charge is 0.255 e. The summed E-state index contributed by atoms with van der Waals surface area (Å²) in [6.07, 6.45) is 3.33. The van der Waals surface area contributed by atoms with Crippen molar-refractivity contribution < 1.29 is 0 Å². The van der Waals surface area contributed by atoms with Gasteiger partial charge in [0.25, 0.3) is 5.56 Å². The Morgan fingerprint density at radius 1 is 1.21 bits per heavy atom. The third-order valence-electron chi connectivity index (χ3n) is 2.70. The van der Waals surface area contributed by atoms with Crippen molar-refractivity contribution in [1.29, 1.82) is 0 Å². The molecule has 0 saturated carbocycles. The van der Waals surface area contributed by atoms with Crippen LogP contribution in [0, 0.1) is 6.92 Å². The SMILES string of the molecule is Cc1ccc(-n2cc(-c3nnn[nH]3)ccc2=O)cn1. The van der Waals surface area contributed by atoms with Gasteiger partial charge in [0, 0.05) is 23.5 Å². The molecular weight excluding hydrogens is 244 g/mol. The Kier molecular flexibility index (Phi) is 2.64. The number of nitrogens with one attached hydrogen (secondary N) is 1. The van der Waals surface area contributed by atoms with Crippen LogP contribution in [0.2, 0.25) is 0 Å². The van der Waals surface area contributed by atoms with E-state index in [1.807, 2.05) is 19.1 Å². The first kappa shape index (κ1) is 11.3. The lowest BCUT2D eigenvalue weighted by molar-refractivity contribution is 0.881. The molecule has 3 rings (SSSR count). The first-order valence-electron chi connectivity index (χ1n) is 5.64. The summed E-state index contributed by atoms with van der Waals surface area (Å²) in [6.45, 7) is 1.89. The Hall–Kier alpha value is -2.83. The van der Waals surface area contributed by atoms with Gasteiger partial charge in [0.05, 0.1) is 11.9 Å². The zero-order valence-electron chi connectivity index (χ0n) is 10.1. The van der Waals surface area contributed by atoms with E-state index in [9.17, 15) is 4.79 Å². The molecule has 1 N–H and O–H groups in total. The van der Waals surface area contributed by atoms with E-state index in [0.717, 1.165) is 11.3 Å². The lowest BCUT2D eigenvalue weighted by Crippen LogP contribution is -2.16. The van der Waals surface area contributed by atoms with Crippen molar-refractivity contribution in [2.24, 2.45) is 0 Å². The summed E-state index contributed by atoms with van der Waals surface area (Å²) < 4.78 is 1.50. The highest BCUT2D eigenvalue weighted by molar-refractivity contribution is 5.53. The summed E-state index contributed by atoms with van der Waals surface area (Å²) in [5.41, 5.74) is 2.18. The first-order chi connectivity index (χ1) is 9.24. The molecule has 0 aliphatic heterocycles. The Bertz CT molecular complexity index is 745. The summed E-state index contributed by atoms with van der Waals surface area (Å²) in [7, 11) is 0. The Balaban J connectivity index is 2.13. The standard InChI is InChI=1S/C12H10N6O/c1-8-2-4-10(6-13-8)18-7-9(3-5-11(18)19)12-14-16-17-15-12/h2-7H,1H3,(H,14,15,16,17). The number of nitrogens with zero attached hydrogens (tertiary/aromatic N) is 5. The van der Waals surface area contributed by atoms with Gasteiger partial charge >= 0.3 is 0 Å². The van der Waals surface area contributed by atoms with Crippen LogP contribution in [0.3, 0.4) is 0 Å². The van der Waals surface area contributed by atoms with Crippen molar-refractivity contribution in [3.63, 3.8) is 0 Å². The fourth-order valence-electron chi connectivity index (χ4n) is 1.71. The summed E-state index contributed by atoms with van der Waals surface area (Å²) >= 11 is 0. The summed E-state index contributed by atoms with van der Waals surface area (Å²) in [5, 5.41) is 13.5. The number of tetrazole rings is 1. The van der Waals surface area contributed by atoms with Crippen LogP contribution in [0.1, 0.15) is 5.69 Å². The van der Waals surface area contributed by atoms with Crippen LogP contribution in [-0.4, -0.2) is 30.2 Å². The fraction of sp³-hybridized carbons (Fsp3) is 0.0833. The van der Waals surface area contributed by atoms with Gasteiger partial charge in [-0.05, 0) is 35.5 Å². The quantitative estimate of drug-likeness (QED) is 0.727. The van der Waals surface area contributed by atoms with Crippen LogP contribution in [0.25, 0.3) is 17.1 Å². The molecule has 0 amide bonds. The molecular formula is C12H10N6O. The molecule has 0 saturated heterocycles. The Morgan fingerprint density at radius 3 is 2.79 bits per heavy atom. The molecule has 0 aliphatic rings. The summed E-state index contributed by atoms with van der Waals surface area (Å²) in [4.78, 5) is 16.1. The van der Waals surface area contributed by atoms with E-state index in [4.69, 9.17) is 0 Å². The molecule has 0 aliphatic carbocycles. The van der Waals surface area contributed by atoms with Crippen molar-refractivity contribution in [3.8, 4) is 17.1 Å². The van der Waals surface area contributed by atoms with Crippen molar-refractivity contribution in [1.82, 2.24) is 30.2 Å². The van der Waals surface area contributed by atoms with Crippen LogP contribution in [-0.2, 0) is 0 Å². The average molecular weight is 254 g/mol. The van der Waals surface area contributed by atoms with Gasteiger partial charge in [0.1, 0.15) is 0 Å². The molecule has 0 spiro atoms. The topological polar surface area (TPSA) is 89.4 Å². The molecule has 0 atom stereocenters. The normalized spacial score (nSPS) is 10.6. The average Bonchev–Trinajstić information content (AvgIpc) is 2.94. The highest BCUT2D eigenvalue weighted by Crippen LogP contribution is 2.12. The van der Waals surface area contributed by atoms with E-state index >= 15 is 0 Å². The summed E-state index contributed by atoms with van der Waals surface area (Å²) in [6, 6.07) is 6.83. The molecule has 3 aromatic heterocycles. The molecule has 19 heavy (non-hydrogen) atoms. The summed E-state index contributed by atoms with van der Waals surface area (Å²) in [5.74, 6) is 0.508. The van der Waals surface area contributed by atoms with Gasteiger partial charge in [-0.1, -0.05) is 0 Å². The zero-order valence-corrected chi connectivity index (χ0v) is 10.1. The number of rotatable bonds is 2. The number of aromatic amines is 1. The number of pyridine rings is 2. The second kappa shape index (κ2) is 4.45. The molecule has 3 aromatic rings. The van der Waals surface area contributed by atoms with Gasteiger partial charge < -0.3 is 0 Å².